The van der Waals surface area contributed by atoms with Gasteiger partial charge in [-0.25, -0.2) is 0 Å². The van der Waals surface area contributed by atoms with Crippen LogP contribution in [-0.2, 0) is 6.54 Å². The first-order chi connectivity index (χ1) is 7.72. The zero-order valence-corrected chi connectivity index (χ0v) is 12.8. The predicted octanol–water partition coefficient (Wildman–Crippen LogP) is 1.51. The third-order valence-corrected chi connectivity index (χ3v) is 2.14. The van der Waals surface area contributed by atoms with Crippen molar-refractivity contribution in [1.29, 1.82) is 0 Å². The van der Waals surface area contributed by atoms with Gasteiger partial charge in [0, 0.05) is 25.8 Å². The third kappa shape index (κ3) is 7.19. The second-order valence-corrected chi connectivity index (χ2v) is 3.83. The van der Waals surface area contributed by atoms with Gasteiger partial charge < -0.3 is 11.1 Å². The van der Waals surface area contributed by atoms with Gasteiger partial charge in [-0.1, -0.05) is 6.92 Å². The van der Waals surface area contributed by atoms with Gasteiger partial charge >= 0.3 is 0 Å². The Hall–Kier alpha value is -0.790. The van der Waals surface area contributed by atoms with E-state index in [-0.39, 0.29) is 24.0 Å². The zero-order chi connectivity index (χ0) is 11.8. The van der Waals surface area contributed by atoms with E-state index in [9.17, 15) is 0 Å². The average Bonchev–Trinajstić information content (AvgIpc) is 2.67. The van der Waals surface area contributed by atoms with Crippen LogP contribution in [0.4, 0.5) is 0 Å². The van der Waals surface area contributed by atoms with E-state index >= 15 is 0 Å². The first-order valence-corrected chi connectivity index (χ1v) is 5.75. The van der Waals surface area contributed by atoms with E-state index in [0.717, 1.165) is 32.5 Å². The maximum Gasteiger partial charge on any atom is 0.188 e. The summed E-state index contributed by atoms with van der Waals surface area (Å²) in [6.45, 7) is 6.64. The SMILES string of the molecule is CCCN=C(N)NCCCn1cc(C)cn1.I. The van der Waals surface area contributed by atoms with Crippen molar-refractivity contribution in [2.75, 3.05) is 13.1 Å². The number of nitrogens with two attached hydrogens (primary N) is 1. The lowest BCUT2D eigenvalue weighted by Crippen LogP contribution is -2.33. The average molecular weight is 351 g/mol. The van der Waals surface area contributed by atoms with E-state index in [2.05, 4.69) is 22.3 Å². The van der Waals surface area contributed by atoms with E-state index in [1.54, 1.807) is 0 Å². The summed E-state index contributed by atoms with van der Waals surface area (Å²) in [6, 6.07) is 0. The molecule has 0 aliphatic rings. The molecule has 0 saturated heterocycles. The molecule has 6 heteroatoms. The Balaban J connectivity index is 0.00000256. The molecule has 0 radical (unpaired) electrons. The molecule has 1 aromatic heterocycles. The van der Waals surface area contributed by atoms with Crippen LogP contribution in [0, 0.1) is 6.92 Å². The Morgan fingerprint density at radius 2 is 2.35 bits per heavy atom. The smallest absolute Gasteiger partial charge is 0.188 e. The van der Waals surface area contributed by atoms with Crippen LogP contribution in [0.1, 0.15) is 25.3 Å². The maximum absolute atomic E-state index is 5.66. The molecule has 0 aliphatic heterocycles. The van der Waals surface area contributed by atoms with Crippen molar-refractivity contribution < 1.29 is 0 Å². The lowest BCUT2D eigenvalue weighted by molar-refractivity contribution is 0.572. The van der Waals surface area contributed by atoms with Crippen LogP contribution in [0.3, 0.4) is 0 Å². The first kappa shape index (κ1) is 16.2. The van der Waals surface area contributed by atoms with Crippen molar-refractivity contribution in [2.24, 2.45) is 10.7 Å². The normalized spacial score (nSPS) is 11.1. The minimum absolute atomic E-state index is 0. The maximum atomic E-state index is 5.66. The van der Waals surface area contributed by atoms with E-state index in [1.165, 1.54) is 5.56 Å². The minimum atomic E-state index is 0. The summed E-state index contributed by atoms with van der Waals surface area (Å²) in [6.07, 6.45) is 5.91. The molecule has 0 fully saturated rings. The van der Waals surface area contributed by atoms with E-state index in [0.29, 0.717) is 5.96 Å². The van der Waals surface area contributed by atoms with Crippen LogP contribution in [0.15, 0.2) is 17.4 Å². The van der Waals surface area contributed by atoms with Gasteiger partial charge in [-0.2, -0.15) is 5.10 Å². The van der Waals surface area contributed by atoms with Crippen LogP contribution in [0.25, 0.3) is 0 Å². The van der Waals surface area contributed by atoms with Gasteiger partial charge in [-0.15, -0.1) is 24.0 Å². The summed E-state index contributed by atoms with van der Waals surface area (Å²) >= 11 is 0. The second-order valence-electron chi connectivity index (χ2n) is 3.83. The molecule has 0 atom stereocenters. The molecular weight excluding hydrogens is 329 g/mol. The Labute approximate surface area is 120 Å². The molecule has 0 spiro atoms. The lowest BCUT2D eigenvalue weighted by Gasteiger charge is -2.05. The van der Waals surface area contributed by atoms with Crippen molar-refractivity contribution in [1.82, 2.24) is 15.1 Å². The number of hydrogen-bond donors (Lipinski definition) is 2. The summed E-state index contributed by atoms with van der Waals surface area (Å²) in [4.78, 5) is 4.15. The Bertz CT molecular complexity index is 334. The van der Waals surface area contributed by atoms with Crippen molar-refractivity contribution in [3.63, 3.8) is 0 Å². The second kappa shape index (κ2) is 9.26. The minimum Gasteiger partial charge on any atom is -0.370 e. The lowest BCUT2D eigenvalue weighted by atomic mass is 10.4. The van der Waals surface area contributed by atoms with Crippen LogP contribution in [0.5, 0.6) is 0 Å². The highest BCUT2D eigenvalue weighted by atomic mass is 127. The number of hydrogen-bond acceptors (Lipinski definition) is 2. The molecule has 1 heterocycles. The number of aliphatic imine (C=N–C) groups is 1. The highest BCUT2D eigenvalue weighted by Gasteiger charge is 1.94. The van der Waals surface area contributed by atoms with Gasteiger partial charge in [0.1, 0.15) is 0 Å². The predicted molar refractivity (Wildman–Crippen MR) is 81.8 cm³/mol. The topological polar surface area (TPSA) is 68.2 Å². The Kier molecular flexibility index (Phi) is 8.83. The van der Waals surface area contributed by atoms with Crippen LogP contribution in [-0.4, -0.2) is 28.8 Å². The molecule has 1 rings (SSSR count). The molecule has 0 saturated carbocycles. The molecule has 0 aliphatic carbocycles. The molecule has 98 valence electrons. The van der Waals surface area contributed by atoms with E-state index in [1.807, 2.05) is 24.0 Å². The van der Waals surface area contributed by atoms with E-state index in [4.69, 9.17) is 5.73 Å². The summed E-state index contributed by atoms with van der Waals surface area (Å²) in [7, 11) is 0. The van der Waals surface area contributed by atoms with Crippen molar-refractivity contribution in [2.45, 2.75) is 33.2 Å². The monoisotopic (exact) mass is 351 g/mol. The molecule has 0 amide bonds. The molecule has 5 nitrogen and oxygen atoms in total. The van der Waals surface area contributed by atoms with Crippen LogP contribution >= 0.6 is 24.0 Å². The fourth-order valence-electron chi connectivity index (χ4n) is 1.33. The highest BCUT2D eigenvalue weighted by Crippen LogP contribution is 1.95. The van der Waals surface area contributed by atoms with Gasteiger partial charge in [-0.05, 0) is 25.3 Å². The number of aromatic nitrogens is 2. The van der Waals surface area contributed by atoms with Gasteiger partial charge in [0.15, 0.2) is 5.96 Å². The van der Waals surface area contributed by atoms with Gasteiger partial charge in [-0.3, -0.25) is 9.67 Å². The summed E-state index contributed by atoms with van der Waals surface area (Å²) in [5, 5.41) is 7.29. The summed E-state index contributed by atoms with van der Waals surface area (Å²) in [5.41, 5.74) is 6.85. The Morgan fingerprint density at radius 3 is 2.94 bits per heavy atom. The quantitative estimate of drug-likeness (QED) is 0.353. The number of aryl methyl sites for hydroxylation is 2. The summed E-state index contributed by atoms with van der Waals surface area (Å²) < 4.78 is 1.94. The molecule has 17 heavy (non-hydrogen) atoms. The molecule has 3 N–H and O–H groups in total. The third-order valence-electron chi connectivity index (χ3n) is 2.14. The van der Waals surface area contributed by atoms with Gasteiger partial charge in [0.05, 0.1) is 6.20 Å². The molecular formula is C11H22IN5. The fraction of sp³-hybridized carbons (Fsp3) is 0.636. The van der Waals surface area contributed by atoms with Gasteiger partial charge in [0.25, 0.3) is 0 Å². The Morgan fingerprint density at radius 1 is 1.59 bits per heavy atom. The van der Waals surface area contributed by atoms with Gasteiger partial charge in [0.2, 0.25) is 0 Å². The van der Waals surface area contributed by atoms with Crippen LogP contribution in [0.2, 0.25) is 0 Å². The largest absolute Gasteiger partial charge is 0.370 e. The van der Waals surface area contributed by atoms with E-state index < -0.39 is 0 Å². The van der Waals surface area contributed by atoms with Crippen LogP contribution < -0.4 is 11.1 Å². The van der Waals surface area contributed by atoms with Crippen molar-refractivity contribution >= 4 is 29.9 Å². The number of nitrogens with zero attached hydrogens (tertiary/aromatic N) is 3. The summed E-state index contributed by atoms with van der Waals surface area (Å²) in [5.74, 6) is 0.540. The number of rotatable bonds is 6. The zero-order valence-electron chi connectivity index (χ0n) is 10.5. The molecule has 0 bridgehead atoms. The first-order valence-electron chi connectivity index (χ1n) is 5.75. The van der Waals surface area contributed by atoms with Crippen molar-refractivity contribution in [3.8, 4) is 0 Å². The number of nitrogens with one attached hydrogen (secondary N) is 1. The molecule has 0 unspecified atom stereocenters. The molecule has 0 aromatic carbocycles. The fourth-order valence-corrected chi connectivity index (χ4v) is 1.33. The number of guanidine groups is 1. The standard InChI is InChI=1S/C11H21N5.HI/c1-3-5-13-11(12)14-6-4-7-16-9-10(2)8-15-16;/h8-9H,3-7H2,1-2H3,(H3,12,13,14);1H. The van der Waals surface area contributed by atoms with Crippen molar-refractivity contribution in [3.05, 3.63) is 18.0 Å². The highest BCUT2D eigenvalue weighted by molar-refractivity contribution is 14.0. The number of halogens is 1. The molecule has 1 aromatic rings.